The van der Waals surface area contributed by atoms with Crippen molar-refractivity contribution in [3.05, 3.63) is 0 Å². The van der Waals surface area contributed by atoms with Gasteiger partial charge in [-0.25, -0.2) is 0 Å². The molecule has 0 N–H and O–H groups in total. The van der Waals surface area contributed by atoms with Gasteiger partial charge in [-0.05, 0) is 25.7 Å². The van der Waals surface area contributed by atoms with Crippen LogP contribution in [0.3, 0.4) is 0 Å². The number of hydrogen-bond acceptors (Lipinski definition) is 3. The first-order valence-electron chi connectivity index (χ1n) is 7.09. The van der Waals surface area contributed by atoms with Gasteiger partial charge in [-0.3, -0.25) is 9.59 Å². The summed E-state index contributed by atoms with van der Waals surface area (Å²) < 4.78 is 5.16. The fraction of sp³-hybridized carbons (Fsp3) is 0.857. The number of carbonyl (C=O) groups is 2. The van der Waals surface area contributed by atoms with Gasteiger partial charge >= 0.3 is 5.97 Å². The molecule has 0 aromatic heterocycles. The van der Waals surface area contributed by atoms with Gasteiger partial charge in [-0.2, -0.15) is 0 Å². The van der Waals surface area contributed by atoms with Gasteiger partial charge in [0.05, 0.1) is 12.5 Å². The smallest absolute Gasteiger partial charge is 0.311 e. The second kappa shape index (κ2) is 5.72. The lowest BCUT2D eigenvalue weighted by Crippen LogP contribution is -2.46. The molecule has 1 saturated heterocycles. The lowest BCUT2D eigenvalue weighted by molar-refractivity contribution is -0.153. The molecule has 2 rings (SSSR count). The van der Waals surface area contributed by atoms with Crippen molar-refractivity contribution in [1.29, 1.82) is 0 Å². The van der Waals surface area contributed by atoms with E-state index in [1.54, 1.807) is 0 Å². The van der Waals surface area contributed by atoms with Gasteiger partial charge in [0.25, 0.3) is 0 Å². The summed E-state index contributed by atoms with van der Waals surface area (Å²) >= 11 is 0. The third-order valence-electron chi connectivity index (χ3n) is 4.07. The Morgan fingerprint density at radius 2 is 2.11 bits per heavy atom. The summed E-state index contributed by atoms with van der Waals surface area (Å²) in [6.45, 7) is 5.16. The molecule has 0 radical (unpaired) electrons. The molecular formula is C14H23NO3. The first-order valence-corrected chi connectivity index (χ1v) is 7.09. The summed E-state index contributed by atoms with van der Waals surface area (Å²) in [7, 11) is 0. The Bertz CT molecular complexity index is 329. The second-order valence-corrected chi connectivity index (χ2v) is 5.57. The first-order chi connectivity index (χ1) is 8.63. The van der Waals surface area contributed by atoms with Crippen molar-refractivity contribution < 1.29 is 14.3 Å². The van der Waals surface area contributed by atoms with Crippen molar-refractivity contribution in [2.45, 2.75) is 52.0 Å². The zero-order valence-corrected chi connectivity index (χ0v) is 11.4. The van der Waals surface area contributed by atoms with Gasteiger partial charge in [-0.1, -0.05) is 19.8 Å². The Kier molecular flexibility index (Phi) is 4.25. The average Bonchev–Trinajstić information content (AvgIpc) is 2.69. The minimum absolute atomic E-state index is 0.0789. The number of likely N-dealkylation sites (tertiary alicyclic amines) is 1. The molecule has 2 fully saturated rings. The van der Waals surface area contributed by atoms with E-state index in [-0.39, 0.29) is 23.8 Å². The zero-order chi connectivity index (χ0) is 13.1. The van der Waals surface area contributed by atoms with Crippen LogP contribution in [0.5, 0.6) is 0 Å². The van der Waals surface area contributed by atoms with Gasteiger partial charge in [-0.15, -0.1) is 0 Å². The van der Waals surface area contributed by atoms with Crippen LogP contribution in [-0.4, -0.2) is 36.0 Å². The van der Waals surface area contributed by atoms with Crippen molar-refractivity contribution in [1.82, 2.24) is 4.90 Å². The zero-order valence-electron chi connectivity index (χ0n) is 11.4. The third-order valence-corrected chi connectivity index (χ3v) is 4.07. The Balaban J connectivity index is 2.08. The number of carbonyl (C=O) groups excluding carboxylic acids is 2. The normalized spacial score (nSPS) is 32.7. The molecule has 1 aliphatic carbocycles. The molecule has 0 bridgehead atoms. The number of nitrogens with zero attached hydrogens (tertiary/aromatic N) is 1. The lowest BCUT2D eigenvalue weighted by atomic mass is 9.83. The first kappa shape index (κ1) is 13.4. The largest absolute Gasteiger partial charge is 0.466 e. The topological polar surface area (TPSA) is 46.6 Å². The van der Waals surface area contributed by atoms with Crippen molar-refractivity contribution in [3.8, 4) is 0 Å². The third kappa shape index (κ3) is 2.68. The molecule has 3 atom stereocenters. The summed E-state index contributed by atoms with van der Waals surface area (Å²) in [4.78, 5) is 25.9. The van der Waals surface area contributed by atoms with Crippen LogP contribution in [0, 0.1) is 11.8 Å². The van der Waals surface area contributed by atoms with Crippen molar-refractivity contribution in [2.75, 3.05) is 13.2 Å². The second-order valence-electron chi connectivity index (χ2n) is 5.57. The minimum atomic E-state index is -0.116. The van der Waals surface area contributed by atoms with Crippen LogP contribution in [-0.2, 0) is 14.3 Å². The van der Waals surface area contributed by atoms with Gasteiger partial charge in [0, 0.05) is 19.0 Å². The van der Waals surface area contributed by atoms with Crippen LogP contribution < -0.4 is 0 Å². The van der Waals surface area contributed by atoms with E-state index in [2.05, 4.69) is 6.92 Å². The van der Waals surface area contributed by atoms with Crippen LogP contribution in [0.2, 0.25) is 0 Å². The summed E-state index contributed by atoms with van der Waals surface area (Å²) in [6.07, 6.45) is 4.62. The molecule has 1 aliphatic heterocycles. The SMILES string of the molecule is CCOC(=O)C1CCCCC1N1CC(C)CC1=O. The predicted octanol–water partition coefficient (Wildman–Crippen LogP) is 1.98. The van der Waals surface area contributed by atoms with E-state index in [1.165, 1.54) is 0 Å². The predicted molar refractivity (Wildman–Crippen MR) is 67.9 cm³/mol. The van der Waals surface area contributed by atoms with Crippen LogP contribution in [0.25, 0.3) is 0 Å². The summed E-state index contributed by atoms with van der Waals surface area (Å²) in [5.74, 6) is 0.411. The van der Waals surface area contributed by atoms with E-state index >= 15 is 0 Å². The van der Waals surface area contributed by atoms with Gasteiger partial charge in [0.15, 0.2) is 0 Å². The fourth-order valence-corrected chi connectivity index (χ4v) is 3.25. The van der Waals surface area contributed by atoms with Gasteiger partial charge in [0.1, 0.15) is 0 Å². The summed E-state index contributed by atoms with van der Waals surface area (Å²) in [5.41, 5.74) is 0. The van der Waals surface area contributed by atoms with E-state index in [0.29, 0.717) is 18.9 Å². The van der Waals surface area contributed by atoms with E-state index in [4.69, 9.17) is 4.74 Å². The maximum absolute atomic E-state index is 12.0. The standard InChI is InChI=1S/C14H23NO3/c1-3-18-14(17)11-6-4-5-7-12(11)15-9-10(2)8-13(15)16/h10-12H,3-9H2,1-2H3. The molecule has 1 amide bonds. The molecule has 0 spiro atoms. The molecule has 2 aliphatic rings. The average molecular weight is 253 g/mol. The maximum atomic E-state index is 12.0. The molecule has 102 valence electrons. The van der Waals surface area contributed by atoms with Gasteiger partial charge < -0.3 is 9.64 Å². The van der Waals surface area contributed by atoms with Crippen LogP contribution in [0.4, 0.5) is 0 Å². The summed E-state index contributed by atoms with van der Waals surface area (Å²) in [5, 5.41) is 0. The van der Waals surface area contributed by atoms with Crippen molar-refractivity contribution in [3.63, 3.8) is 0 Å². The number of ether oxygens (including phenoxy) is 1. The van der Waals surface area contributed by atoms with E-state index in [0.717, 1.165) is 32.2 Å². The minimum Gasteiger partial charge on any atom is -0.466 e. The number of amides is 1. The van der Waals surface area contributed by atoms with Crippen LogP contribution in [0.15, 0.2) is 0 Å². The molecule has 1 saturated carbocycles. The van der Waals surface area contributed by atoms with E-state index in [9.17, 15) is 9.59 Å². The monoisotopic (exact) mass is 253 g/mol. The fourth-order valence-electron chi connectivity index (χ4n) is 3.25. The van der Waals surface area contributed by atoms with Crippen molar-refractivity contribution in [2.24, 2.45) is 11.8 Å². The molecule has 4 nitrogen and oxygen atoms in total. The Morgan fingerprint density at radius 3 is 2.72 bits per heavy atom. The maximum Gasteiger partial charge on any atom is 0.311 e. The molecule has 0 aromatic rings. The Labute approximate surface area is 109 Å². The molecule has 4 heteroatoms. The number of esters is 1. The highest BCUT2D eigenvalue weighted by atomic mass is 16.5. The van der Waals surface area contributed by atoms with Crippen LogP contribution in [0.1, 0.15) is 46.0 Å². The van der Waals surface area contributed by atoms with E-state index in [1.807, 2.05) is 11.8 Å². The number of rotatable bonds is 3. The Morgan fingerprint density at radius 1 is 1.39 bits per heavy atom. The molecule has 0 aromatic carbocycles. The van der Waals surface area contributed by atoms with Crippen molar-refractivity contribution >= 4 is 11.9 Å². The van der Waals surface area contributed by atoms with Crippen LogP contribution >= 0.6 is 0 Å². The highest BCUT2D eigenvalue weighted by Crippen LogP contribution is 2.33. The molecular weight excluding hydrogens is 230 g/mol. The van der Waals surface area contributed by atoms with E-state index < -0.39 is 0 Å². The summed E-state index contributed by atoms with van der Waals surface area (Å²) in [6, 6.07) is 0.0789. The van der Waals surface area contributed by atoms with Gasteiger partial charge in [0.2, 0.25) is 5.91 Å². The molecule has 18 heavy (non-hydrogen) atoms. The quantitative estimate of drug-likeness (QED) is 0.722. The highest BCUT2D eigenvalue weighted by molar-refractivity contribution is 5.80. The lowest BCUT2D eigenvalue weighted by Gasteiger charge is -2.36. The molecule has 1 heterocycles. The highest BCUT2D eigenvalue weighted by Gasteiger charge is 2.40. The Hall–Kier alpha value is -1.06. The number of hydrogen-bond donors (Lipinski definition) is 0. The molecule has 3 unspecified atom stereocenters.